The van der Waals surface area contributed by atoms with E-state index in [9.17, 15) is 8.42 Å². The lowest BCUT2D eigenvalue weighted by Crippen LogP contribution is -2.09. The molecule has 0 aliphatic carbocycles. The Morgan fingerprint density at radius 1 is 1.29 bits per heavy atom. The Kier molecular flexibility index (Phi) is 4.69. The van der Waals surface area contributed by atoms with E-state index < -0.39 is 10.0 Å². The van der Waals surface area contributed by atoms with E-state index in [0.29, 0.717) is 5.02 Å². The second-order valence-corrected chi connectivity index (χ2v) is 6.87. The van der Waals surface area contributed by atoms with Crippen LogP contribution in [0, 0.1) is 0 Å². The fourth-order valence-electron chi connectivity index (χ4n) is 1.61. The standard InChI is InChI=1S/C14H16ClN3O2S/c1-10(2)13-9-14(17-16-13)18-21(19,20)8-7-11-3-5-12(15)6-4-11/h3-10H,1-2H3,(H2,16,17,18)/b8-7+. The first-order valence-corrected chi connectivity index (χ1v) is 8.30. The SMILES string of the molecule is CC(C)c1cc(NS(=O)(=O)/C=C/c2ccc(Cl)cc2)n[nH]1. The first-order valence-electron chi connectivity index (χ1n) is 6.37. The summed E-state index contributed by atoms with van der Waals surface area (Å²) < 4.78 is 26.3. The second kappa shape index (κ2) is 6.32. The summed E-state index contributed by atoms with van der Waals surface area (Å²) in [6, 6.07) is 8.55. The number of hydrogen-bond donors (Lipinski definition) is 2. The molecule has 2 N–H and O–H groups in total. The molecule has 2 aromatic rings. The largest absolute Gasteiger partial charge is 0.280 e. The van der Waals surface area contributed by atoms with E-state index in [0.717, 1.165) is 16.7 Å². The quantitative estimate of drug-likeness (QED) is 0.882. The lowest BCUT2D eigenvalue weighted by atomic mass is 10.1. The highest BCUT2D eigenvalue weighted by atomic mass is 35.5. The Hall–Kier alpha value is -1.79. The summed E-state index contributed by atoms with van der Waals surface area (Å²) in [5.74, 6) is 0.528. The number of hydrogen-bond acceptors (Lipinski definition) is 3. The van der Waals surface area contributed by atoms with Crippen molar-refractivity contribution >= 4 is 33.5 Å². The Bertz CT molecular complexity index is 734. The molecule has 0 unspecified atom stereocenters. The molecule has 5 nitrogen and oxygen atoms in total. The van der Waals surface area contributed by atoms with Crippen LogP contribution in [0.5, 0.6) is 0 Å². The van der Waals surface area contributed by atoms with Crippen molar-refractivity contribution in [3.8, 4) is 0 Å². The number of sulfonamides is 1. The van der Waals surface area contributed by atoms with E-state index in [-0.39, 0.29) is 11.7 Å². The van der Waals surface area contributed by atoms with Crippen molar-refractivity contribution in [1.82, 2.24) is 10.2 Å². The van der Waals surface area contributed by atoms with Crippen LogP contribution in [-0.2, 0) is 10.0 Å². The number of halogens is 1. The molecular formula is C14H16ClN3O2S. The average molecular weight is 326 g/mol. The van der Waals surface area contributed by atoms with E-state index in [1.165, 1.54) is 6.08 Å². The Morgan fingerprint density at radius 3 is 2.52 bits per heavy atom. The van der Waals surface area contributed by atoms with Crippen LogP contribution in [0.25, 0.3) is 6.08 Å². The molecule has 112 valence electrons. The predicted molar refractivity (Wildman–Crippen MR) is 85.7 cm³/mol. The van der Waals surface area contributed by atoms with Gasteiger partial charge in [-0.1, -0.05) is 37.6 Å². The van der Waals surface area contributed by atoms with Gasteiger partial charge in [0.15, 0.2) is 5.82 Å². The first kappa shape index (κ1) is 15.6. The fourth-order valence-corrected chi connectivity index (χ4v) is 2.53. The van der Waals surface area contributed by atoms with Gasteiger partial charge in [0.25, 0.3) is 10.0 Å². The van der Waals surface area contributed by atoms with Crippen molar-refractivity contribution in [2.45, 2.75) is 19.8 Å². The third kappa shape index (κ3) is 4.61. The molecule has 0 amide bonds. The third-order valence-corrected chi connectivity index (χ3v) is 4.02. The maximum atomic E-state index is 11.9. The smallest absolute Gasteiger partial charge is 0.256 e. The number of benzene rings is 1. The molecule has 0 atom stereocenters. The number of aromatic nitrogens is 2. The number of rotatable bonds is 5. The number of anilines is 1. The minimum atomic E-state index is -3.60. The van der Waals surface area contributed by atoms with Crippen molar-refractivity contribution in [1.29, 1.82) is 0 Å². The van der Waals surface area contributed by atoms with Gasteiger partial charge in [-0.2, -0.15) is 5.10 Å². The van der Waals surface area contributed by atoms with Crippen molar-refractivity contribution in [3.05, 3.63) is 52.0 Å². The van der Waals surface area contributed by atoms with Crippen LogP contribution in [-0.4, -0.2) is 18.6 Å². The molecule has 0 radical (unpaired) electrons. The predicted octanol–water partition coefficient (Wildman–Crippen LogP) is 3.60. The van der Waals surface area contributed by atoms with Gasteiger partial charge in [-0.3, -0.25) is 9.82 Å². The lowest BCUT2D eigenvalue weighted by molar-refractivity contribution is 0.609. The van der Waals surface area contributed by atoms with E-state index >= 15 is 0 Å². The molecule has 7 heteroatoms. The summed E-state index contributed by atoms with van der Waals surface area (Å²) in [7, 11) is -3.60. The zero-order valence-corrected chi connectivity index (χ0v) is 13.2. The van der Waals surface area contributed by atoms with Crippen LogP contribution in [0.15, 0.2) is 35.7 Å². The normalized spacial score (nSPS) is 12.2. The van der Waals surface area contributed by atoms with E-state index in [2.05, 4.69) is 14.9 Å². The summed E-state index contributed by atoms with van der Waals surface area (Å²) >= 11 is 5.77. The molecule has 0 spiro atoms. The topological polar surface area (TPSA) is 74.8 Å². The zero-order valence-electron chi connectivity index (χ0n) is 11.7. The van der Waals surface area contributed by atoms with Crippen LogP contribution in [0.1, 0.15) is 31.0 Å². The minimum absolute atomic E-state index is 0.250. The highest BCUT2D eigenvalue weighted by Gasteiger charge is 2.10. The van der Waals surface area contributed by atoms with Gasteiger partial charge in [0.05, 0.1) is 5.41 Å². The highest BCUT2D eigenvalue weighted by Crippen LogP contribution is 2.16. The molecule has 0 aliphatic rings. The van der Waals surface area contributed by atoms with Gasteiger partial charge < -0.3 is 0 Å². The van der Waals surface area contributed by atoms with Gasteiger partial charge in [0.1, 0.15) is 0 Å². The third-order valence-electron chi connectivity index (χ3n) is 2.78. The Labute approximate surface area is 129 Å². The molecule has 0 saturated carbocycles. The molecule has 1 aromatic heterocycles. The van der Waals surface area contributed by atoms with Gasteiger partial charge in [-0.25, -0.2) is 8.42 Å². The van der Waals surface area contributed by atoms with E-state index in [4.69, 9.17) is 11.6 Å². The van der Waals surface area contributed by atoms with Crippen molar-refractivity contribution in [3.63, 3.8) is 0 Å². The Balaban J connectivity index is 2.09. The van der Waals surface area contributed by atoms with Gasteiger partial charge in [-0.15, -0.1) is 0 Å². The summed E-state index contributed by atoms with van der Waals surface area (Å²) in [5.41, 5.74) is 1.61. The highest BCUT2D eigenvalue weighted by molar-refractivity contribution is 7.95. The lowest BCUT2D eigenvalue weighted by Gasteiger charge is -2.00. The number of aromatic amines is 1. The molecular weight excluding hydrogens is 310 g/mol. The van der Waals surface area contributed by atoms with Crippen LogP contribution in [0.3, 0.4) is 0 Å². The van der Waals surface area contributed by atoms with Gasteiger partial charge in [-0.05, 0) is 29.7 Å². The molecule has 1 aromatic carbocycles. The summed E-state index contributed by atoms with van der Waals surface area (Å²) in [6.45, 7) is 3.98. The molecule has 0 aliphatic heterocycles. The number of H-pyrrole nitrogens is 1. The van der Waals surface area contributed by atoms with Gasteiger partial charge in [0.2, 0.25) is 0 Å². The van der Waals surface area contributed by atoms with Crippen LogP contribution >= 0.6 is 11.6 Å². The molecule has 1 heterocycles. The minimum Gasteiger partial charge on any atom is -0.280 e. The van der Waals surface area contributed by atoms with Crippen LogP contribution in [0.4, 0.5) is 5.82 Å². The first-order chi connectivity index (χ1) is 9.85. The number of nitrogens with zero attached hydrogens (tertiary/aromatic N) is 1. The van der Waals surface area contributed by atoms with E-state index in [1.807, 2.05) is 13.8 Å². The maximum Gasteiger partial charge on any atom is 0.256 e. The second-order valence-electron chi connectivity index (χ2n) is 4.86. The summed E-state index contributed by atoms with van der Waals surface area (Å²) in [6.07, 6.45) is 1.49. The summed E-state index contributed by atoms with van der Waals surface area (Å²) in [4.78, 5) is 0. The maximum absolute atomic E-state index is 11.9. The Morgan fingerprint density at radius 2 is 1.95 bits per heavy atom. The monoisotopic (exact) mass is 325 g/mol. The van der Waals surface area contributed by atoms with Crippen molar-refractivity contribution < 1.29 is 8.42 Å². The fraction of sp³-hybridized carbons (Fsp3) is 0.214. The van der Waals surface area contributed by atoms with Gasteiger partial charge in [0, 0.05) is 16.8 Å². The van der Waals surface area contributed by atoms with Crippen LogP contribution < -0.4 is 4.72 Å². The molecule has 2 rings (SSSR count). The van der Waals surface area contributed by atoms with Crippen LogP contribution in [0.2, 0.25) is 5.02 Å². The zero-order chi connectivity index (χ0) is 15.5. The van der Waals surface area contributed by atoms with Gasteiger partial charge >= 0.3 is 0 Å². The molecule has 0 fully saturated rings. The van der Waals surface area contributed by atoms with Crippen molar-refractivity contribution in [2.24, 2.45) is 0 Å². The van der Waals surface area contributed by atoms with Crippen molar-refractivity contribution in [2.75, 3.05) is 4.72 Å². The summed E-state index contributed by atoms with van der Waals surface area (Å²) in [5, 5.41) is 8.41. The average Bonchev–Trinajstić information content (AvgIpc) is 2.86. The number of nitrogens with one attached hydrogen (secondary N) is 2. The molecule has 21 heavy (non-hydrogen) atoms. The molecule has 0 saturated heterocycles. The molecule has 0 bridgehead atoms. The van der Waals surface area contributed by atoms with E-state index in [1.54, 1.807) is 30.3 Å².